The van der Waals surface area contributed by atoms with Gasteiger partial charge in [-0.15, -0.1) is 0 Å². The highest BCUT2D eigenvalue weighted by molar-refractivity contribution is 7.93. The minimum atomic E-state index is -3.34. The molecule has 0 heterocycles. The lowest BCUT2D eigenvalue weighted by molar-refractivity contribution is 0.602. The van der Waals surface area contributed by atoms with Gasteiger partial charge in [0.15, 0.2) is 0 Å². The Kier molecular flexibility index (Phi) is 1.59. The van der Waals surface area contributed by atoms with Crippen molar-refractivity contribution < 1.29 is 8.42 Å². The van der Waals surface area contributed by atoms with Crippen LogP contribution in [0.2, 0.25) is 0 Å². The number of rotatable bonds is 1. The first-order valence-electron chi connectivity index (χ1n) is 2.82. The lowest BCUT2D eigenvalue weighted by Gasteiger charge is -1.93. The summed E-state index contributed by atoms with van der Waals surface area (Å²) in [6, 6.07) is 0. The second-order valence-electron chi connectivity index (χ2n) is 2.11. The van der Waals surface area contributed by atoms with E-state index in [0.29, 0.717) is 11.3 Å². The summed E-state index contributed by atoms with van der Waals surface area (Å²) < 4.78 is 21.1. The fraction of sp³-hybridized carbons (Fsp3) is 0.600. The Bertz CT molecular complexity index is 227. The van der Waals surface area contributed by atoms with Crippen molar-refractivity contribution in [3.63, 3.8) is 0 Å². The van der Waals surface area contributed by atoms with Crippen LogP contribution in [0.15, 0.2) is 11.0 Å². The van der Waals surface area contributed by atoms with Crippen LogP contribution in [0.3, 0.4) is 0 Å². The predicted molar refractivity (Wildman–Crippen MR) is 35.0 cm³/mol. The Morgan fingerprint density at radius 2 is 2.22 bits per heavy atom. The van der Waals surface area contributed by atoms with E-state index in [9.17, 15) is 8.42 Å². The van der Waals surface area contributed by atoms with Gasteiger partial charge >= 0.3 is 0 Å². The van der Waals surface area contributed by atoms with E-state index in [2.05, 4.69) is 0 Å². The van der Waals surface area contributed by atoms with Crippen molar-refractivity contribution in [3.8, 4) is 0 Å². The normalized spacial score (nSPS) is 19.9. The smallest absolute Gasteiger partial charge is 0.225 e. The largest absolute Gasteiger partial charge is 0.233 e. The molecule has 0 fully saturated rings. The molecule has 0 atom stereocenters. The second kappa shape index (κ2) is 2.11. The Morgan fingerprint density at radius 3 is 2.44 bits per heavy atom. The zero-order valence-corrected chi connectivity index (χ0v) is 5.82. The van der Waals surface area contributed by atoms with Crippen LogP contribution in [0.4, 0.5) is 0 Å². The van der Waals surface area contributed by atoms with Crippen LogP contribution < -0.4 is 5.14 Å². The van der Waals surface area contributed by atoms with Gasteiger partial charge in [-0.2, -0.15) is 0 Å². The molecule has 0 bridgehead atoms. The number of primary sulfonamides is 1. The minimum Gasteiger partial charge on any atom is -0.225 e. The lowest BCUT2D eigenvalue weighted by Crippen LogP contribution is -2.12. The number of allylic oxidation sites excluding steroid dienone is 2. The number of sulfonamides is 1. The van der Waals surface area contributed by atoms with E-state index >= 15 is 0 Å². The van der Waals surface area contributed by atoms with E-state index in [1.807, 2.05) is 0 Å². The summed E-state index contributed by atoms with van der Waals surface area (Å²) in [5.74, 6) is 0. The molecule has 0 saturated heterocycles. The van der Waals surface area contributed by atoms with Crippen LogP contribution in [0.1, 0.15) is 19.3 Å². The molecule has 0 aromatic heterocycles. The van der Waals surface area contributed by atoms with Crippen molar-refractivity contribution in [2.75, 3.05) is 0 Å². The fourth-order valence-electron chi connectivity index (χ4n) is 0.900. The number of nitrogens with two attached hydrogens (primary N) is 1. The molecular formula is C5H9NO2S. The van der Waals surface area contributed by atoms with Crippen molar-refractivity contribution in [1.29, 1.82) is 0 Å². The van der Waals surface area contributed by atoms with E-state index in [0.717, 1.165) is 12.8 Å². The molecular weight excluding hydrogens is 138 g/mol. The van der Waals surface area contributed by atoms with Gasteiger partial charge in [-0.3, -0.25) is 0 Å². The van der Waals surface area contributed by atoms with E-state index in [1.165, 1.54) is 0 Å². The maximum absolute atomic E-state index is 10.5. The van der Waals surface area contributed by atoms with Gasteiger partial charge in [0.2, 0.25) is 10.0 Å². The number of hydrogen-bond donors (Lipinski definition) is 1. The Balaban J connectivity index is 2.87. The molecule has 1 rings (SSSR count). The van der Waals surface area contributed by atoms with Crippen molar-refractivity contribution in [3.05, 3.63) is 11.0 Å². The molecule has 0 aliphatic heterocycles. The maximum Gasteiger partial charge on any atom is 0.233 e. The van der Waals surface area contributed by atoms with E-state index in [4.69, 9.17) is 5.14 Å². The molecule has 3 nitrogen and oxygen atoms in total. The van der Waals surface area contributed by atoms with E-state index in [-0.39, 0.29) is 0 Å². The molecule has 1 aliphatic rings. The summed E-state index contributed by atoms with van der Waals surface area (Å²) >= 11 is 0. The minimum absolute atomic E-state index is 0.405. The first kappa shape index (κ1) is 6.77. The van der Waals surface area contributed by atoms with Crippen molar-refractivity contribution in [2.24, 2.45) is 5.14 Å². The summed E-state index contributed by atoms with van der Waals surface area (Å²) in [7, 11) is -3.34. The van der Waals surface area contributed by atoms with Crippen LogP contribution in [0.25, 0.3) is 0 Å². The molecule has 0 unspecified atom stereocenters. The maximum atomic E-state index is 10.5. The standard InChI is InChI=1S/C5H9NO2S/c6-9(7,8)5-3-1-2-4-5/h3H,1-2,4H2,(H2,6,7,8). The Labute approximate surface area is 54.6 Å². The SMILES string of the molecule is NS(=O)(=O)C1=CCCC1. The average molecular weight is 147 g/mol. The van der Waals surface area contributed by atoms with Gasteiger partial charge < -0.3 is 0 Å². The van der Waals surface area contributed by atoms with Gasteiger partial charge in [-0.05, 0) is 19.3 Å². The van der Waals surface area contributed by atoms with Gasteiger partial charge in [0.25, 0.3) is 0 Å². The molecule has 0 spiro atoms. The highest BCUT2D eigenvalue weighted by Gasteiger charge is 2.14. The van der Waals surface area contributed by atoms with Gasteiger partial charge in [-0.25, -0.2) is 13.6 Å². The summed E-state index contributed by atoms with van der Waals surface area (Å²) in [5.41, 5.74) is 0. The van der Waals surface area contributed by atoms with Gasteiger partial charge in [-0.1, -0.05) is 6.08 Å². The third-order valence-electron chi connectivity index (χ3n) is 1.36. The van der Waals surface area contributed by atoms with Crippen molar-refractivity contribution in [1.82, 2.24) is 0 Å². The van der Waals surface area contributed by atoms with Crippen LogP contribution in [-0.4, -0.2) is 8.42 Å². The highest BCUT2D eigenvalue weighted by atomic mass is 32.2. The lowest BCUT2D eigenvalue weighted by atomic mass is 10.4. The van der Waals surface area contributed by atoms with Crippen LogP contribution in [-0.2, 0) is 10.0 Å². The van der Waals surface area contributed by atoms with Crippen molar-refractivity contribution >= 4 is 10.0 Å². The topological polar surface area (TPSA) is 60.2 Å². The average Bonchev–Trinajstić information content (AvgIpc) is 2.08. The summed E-state index contributed by atoms with van der Waals surface area (Å²) in [5, 5.41) is 4.84. The summed E-state index contributed by atoms with van der Waals surface area (Å²) in [6.07, 6.45) is 4.09. The number of hydrogen-bond acceptors (Lipinski definition) is 2. The highest BCUT2D eigenvalue weighted by Crippen LogP contribution is 2.20. The first-order valence-corrected chi connectivity index (χ1v) is 4.37. The molecule has 0 amide bonds. The van der Waals surface area contributed by atoms with Crippen LogP contribution in [0.5, 0.6) is 0 Å². The molecule has 0 aromatic carbocycles. The zero-order valence-electron chi connectivity index (χ0n) is 5.00. The van der Waals surface area contributed by atoms with Crippen LogP contribution in [0, 0.1) is 0 Å². The third-order valence-corrected chi connectivity index (χ3v) is 2.47. The van der Waals surface area contributed by atoms with Gasteiger partial charge in [0, 0.05) is 0 Å². The molecule has 0 aromatic rings. The monoisotopic (exact) mass is 147 g/mol. The molecule has 4 heteroatoms. The summed E-state index contributed by atoms with van der Waals surface area (Å²) in [4.78, 5) is 0.405. The van der Waals surface area contributed by atoms with Crippen LogP contribution >= 0.6 is 0 Å². The van der Waals surface area contributed by atoms with E-state index < -0.39 is 10.0 Å². The summed E-state index contributed by atoms with van der Waals surface area (Å²) in [6.45, 7) is 0. The molecule has 0 radical (unpaired) electrons. The Hall–Kier alpha value is -0.350. The van der Waals surface area contributed by atoms with Crippen molar-refractivity contribution in [2.45, 2.75) is 19.3 Å². The first-order chi connectivity index (χ1) is 4.11. The molecule has 9 heavy (non-hydrogen) atoms. The quantitative estimate of drug-likeness (QED) is 0.581. The van der Waals surface area contributed by atoms with Gasteiger partial charge in [0.05, 0.1) is 4.91 Å². The third kappa shape index (κ3) is 1.53. The molecule has 0 saturated carbocycles. The zero-order chi connectivity index (χ0) is 6.91. The molecule has 52 valence electrons. The van der Waals surface area contributed by atoms with E-state index in [1.54, 1.807) is 6.08 Å². The predicted octanol–water partition coefficient (Wildman–Crippen LogP) is 0.343. The molecule has 2 N–H and O–H groups in total. The second-order valence-corrected chi connectivity index (χ2v) is 3.72. The fourth-order valence-corrected chi connectivity index (χ4v) is 1.68. The molecule has 1 aliphatic carbocycles. The Morgan fingerprint density at radius 1 is 1.56 bits per heavy atom. The van der Waals surface area contributed by atoms with Gasteiger partial charge in [0.1, 0.15) is 0 Å².